The van der Waals surface area contributed by atoms with Crippen LogP contribution in [0.25, 0.3) is 16.8 Å². The van der Waals surface area contributed by atoms with E-state index in [1.54, 1.807) is 31.9 Å². The van der Waals surface area contributed by atoms with Crippen LogP contribution in [-0.2, 0) is 0 Å². The summed E-state index contributed by atoms with van der Waals surface area (Å²) in [5.74, 6) is 1.23. The van der Waals surface area contributed by atoms with Crippen LogP contribution >= 0.6 is 28.4 Å². The Bertz CT molecular complexity index is 976. The van der Waals surface area contributed by atoms with Crippen LogP contribution in [0.2, 0.25) is 0 Å². The number of aromatic nitrogens is 2. The van der Waals surface area contributed by atoms with Crippen LogP contribution in [0, 0.1) is 0 Å². The summed E-state index contributed by atoms with van der Waals surface area (Å²) >= 11 is 2.22. The second-order valence-corrected chi connectivity index (χ2v) is 11.0. The minimum atomic E-state index is 0.00752. The zero-order valence-corrected chi connectivity index (χ0v) is 22.3. The molecule has 2 heterocycles. The van der Waals surface area contributed by atoms with Gasteiger partial charge in [0.05, 0.1) is 31.6 Å². The summed E-state index contributed by atoms with van der Waals surface area (Å²) in [6, 6.07) is 5.87. The molecule has 1 aromatic carbocycles. The molecule has 1 aromatic heterocycles. The van der Waals surface area contributed by atoms with Crippen molar-refractivity contribution in [2.45, 2.75) is 57.7 Å². The first-order valence-corrected chi connectivity index (χ1v) is 14.5. The molecule has 3 rings (SSSR count). The summed E-state index contributed by atoms with van der Waals surface area (Å²) in [4.78, 5) is 9.11. The van der Waals surface area contributed by atoms with E-state index < -0.39 is 0 Å². The molecule has 1 aliphatic rings. The second-order valence-electron chi connectivity index (χ2n) is 9.16. The number of hydrogen-bond acceptors (Lipinski definition) is 7. The Morgan fingerprint density at radius 2 is 1.94 bits per heavy atom. The van der Waals surface area contributed by atoms with Crippen molar-refractivity contribution in [2.75, 3.05) is 7.11 Å². The maximum Gasteiger partial charge on any atom is 0.232 e. The van der Waals surface area contributed by atoms with E-state index in [9.17, 15) is 0 Å². The quantitative estimate of drug-likeness (QED) is 0.273. The predicted octanol–water partition coefficient (Wildman–Crippen LogP) is 5.15. The van der Waals surface area contributed by atoms with Gasteiger partial charge in [-0.15, -0.1) is 0 Å². The number of ether oxygens (including phenoxy) is 2. The highest BCUT2D eigenvalue weighted by atomic mass is 127. The number of rotatable bonds is 7. The van der Waals surface area contributed by atoms with Gasteiger partial charge in [-0.05, 0) is 67.4 Å². The topological polar surface area (TPSA) is 94.7 Å². The molecule has 1 saturated heterocycles. The first-order chi connectivity index (χ1) is 15.2. The minimum Gasteiger partial charge on any atom is -0.496 e. The second kappa shape index (κ2) is 10.4. The smallest absolute Gasteiger partial charge is 0.232 e. The van der Waals surface area contributed by atoms with Crippen molar-refractivity contribution in [3.63, 3.8) is 0 Å². The van der Waals surface area contributed by atoms with Crippen molar-refractivity contribution in [3.05, 3.63) is 42.4 Å². The highest BCUT2D eigenvalue weighted by molar-refractivity contribution is 14.2. The minimum absolute atomic E-state index is 0.00752. The fraction of sp³-hybridized carbons (Fsp3) is 0.435. The van der Waals surface area contributed by atoms with Gasteiger partial charge < -0.3 is 20.5 Å². The van der Waals surface area contributed by atoms with Crippen LogP contribution in [0.1, 0.15) is 46.1 Å². The lowest BCUT2D eigenvalue weighted by molar-refractivity contribution is 0.0527. The number of nitrogens with one attached hydrogen (secondary N) is 1. The zero-order chi connectivity index (χ0) is 23.4. The molecule has 0 saturated carbocycles. The van der Waals surface area contributed by atoms with Gasteiger partial charge in [-0.2, -0.15) is 0 Å². The highest BCUT2D eigenvalue weighted by Gasteiger charge is 2.38. The Hall–Kier alpha value is -1.77. The van der Waals surface area contributed by atoms with Gasteiger partial charge in [0.25, 0.3) is 0 Å². The summed E-state index contributed by atoms with van der Waals surface area (Å²) in [6.45, 7) is 8.81. The summed E-state index contributed by atoms with van der Waals surface area (Å²) in [5.41, 5.74) is 9.12. The summed E-state index contributed by atoms with van der Waals surface area (Å²) in [6.07, 6.45) is 9.08. The number of nitrogens with two attached hydrogens (primary N) is 1. The maximum absolute atomic E-state index is 6.20. The predicted molar refractivity (Wildman–Crippen MR) is 142 cm³/mol. The first-order valence-electron chi connectivity index (χ1n) is 10.4. The molecule has 32 heavy (non-hydrogen) atoms. The van der Waals surface area contributed by atoms with Gasteiger partial charge in [-0.3, -0.25) is 4.76 Å². The van der Waals surface area contributed by atoms with Gasteiger partial charge in [0, 0.05) is 47.5 Å². The fourth-order valence-electron chi connectivity index (χ4n) is 4.39. The lowest BCUT2D eigenvalue weighted by atomic mass is 9.81. The maximum atomic E-state index is 6.20. The van der Waals surface area contributed by atoms with Crippen molar-refractivity contribution in [2.24, 2.45) is 10.5 Å². The van der Waals surface area contributed by atoms with Gasteiger partial charge in [-0.25, -0.2) is 9.97 Å². The van der Waals surface area contributed by atoms with Crippen molar-refractivity contribution in [1.29, 1.82) is 0 Å². The molecule has 0 spiro atoms. The Morgan fingerprint density at radius 1 is 1.22 bits per heavy atom. The number of hydrogen-bond donors (Lipinski definition) is 2. The average molecular weight is 567 g/mol. The lowest BCUT2D eigenvalue weighted by Crippen LogP contribution is -2.60. The normalized spacial score (nSPS) is 19.0. The summed E-state index contributed by atoms with van der Waals surface area (Å²) in [7, 11) is 1.64. The van der Waals surface area contributed by atoms with E-state index in [2.05, 4.69) is 69.8 Å². The van der Waals surface area contributed by atoms with Crippen LogP contribution in [-0.4, -0.2) is 40.5 Å². The van der Waals surface area contributed by atoms with Crippen LogP contribution in [0.4, 0.5) is 0 Å². The molecule has 1 fully saturated rings. The van der Waals surface area contributed by atoms with Crippen molar-refractivity contribution in [3.8, 4) is 22.9 Å². The molecule has 172 valence electrons. The van der Waals surface area contributed by atoms with Crippen LogP contribution in [0.3, 0.4) is 0 Å². The largest absolute Gasteiger partial charge is 0.496 e. The molecule has 2 aromatic rings. The number of allylic oxidation sites excluding steroid dienone is 1. The van der Waals surface area contributed by atoms with E-state index in [-0.39, 0.29) is 17.2 Å². The molecule has 3 N–H and O–H groups in total. The van der Waals surface area contributed by atoms with Gasteiger partial charge in [-0.1, -0.05) is 6.07 Å². The Labute approximate surface area is 205 Å². The summed E-state index contributed by atoms with van der Waals surface area (Å²) < 4.78 is 16.1. The van der Waals surface area contributed by atoms with E-state index in [1.807, 2.05) is 18.2 Å². The number of nitrogens with zero attached hydrogens (tertiary/aromatic N) is 3. The molecule has 1 unspecified atom stereocenters. The molecule has 1 aliphatic heterocycles. The molecule has 1 atom stereocenters. The monoisotopic (exact) mass is 567 g/mol. The van der Waals surface area contributed by atoms with E-state index in [0.29, 0.717) is 23.7 Å². The Kier molecular flexibility index (Phi) is 8.11. The van der Waals surface area contributed by atoms with E-state index in [4.69, 9.17) is 15.2 Å². The average Bonchev–Trinajstić information content (AvgIpc) is 2.72. The molecule has 7 nitrogen and oxygen atoms in total. The fourth-order valence-corrected chi connectivity index (χ4v) is 4.99. The molecule has 0 radical (unpaired) electrons. The molecular formula is C23H31IN5O2P. The highest BCUT2D eigenvalue weighted by Crippen LogP contribution is 2.33. The third-order valence-corrected chi connectivity index (χ3v) is 6.37. The standard InChI is InChI=1S/C23H31IN5O2P/c1-22(2)9-17(10-23(3,4)29-22)31-21-14-26-19(13-27-21)18-7-6-15(8-20(18)30-5)16(11-25)12-28-32-24/h6-8,11-14,17,29,32H,9-10,25H2,1-5H3/b16-11+,28-12+. The molecule has 0 aliphatic carbocycles. The molecule has 0 amide bonds. The van der Waals surface area contributed by atoms with Crippen LogP contribution < -0.4 is 20.5 Å². The van der Waals surface area contributed by atoms with Crippen LogP contribution in [0.5, 0.6) is 11.6 Å². The van der Waals surface area contributed by atoms with Crippen molar-refractivity contribution in [1.82, 2.24) is 15.3 Å². The first kappa shape index (κ1) is 24.9. The lowest BCUT2D eigenvalue weighted by Gasteiger charge is -2.46. The SMILES string of the molecule is COc1cc(C(=C/N)/C=N/PI)ccc1-c1cnc(OC2CC(C)(C)NC(C)(C)C2)cn1. The third kappa shape index (κ3) is 6.39. The van der Waals surface area contributed by atoms with Gasteiger partial charge in [0.1, 0.15) is 11.9 Å². The van der Waals surface area contributed by atoms with Crippen molar-refractivity contribution < 1.29 is 9.47 Å². The number of halogens is 1. The Balaban J connectivity index is 1.79. The van der Waals surface area contributed by atoms with E-state index in [0.717, 1.165) is 29.5 Å². The zero-order valence-electron chi connectivity index (χ0n) is 19.1. The molecule has 0 bridgehead atoms. The van der Waals surface area contributed by atoms with Crippen molar-refractivity contribution >= 4 is 40.2 Å². The van der Waals surface area contributed by atoms with Gasteiger partial charge in [0.15, 0.2) is 0 Å². The third-order valence-electron chi connectivity index (χ3n) is 5.31. The number of piperidine rings is 1. The summed E-state index contributed by atoms with van der Waals surface area (Å²) in [5, 5.41) is 3.67. The number of methoxy groups -OCH3 is 1. The van der Waals surface area contributed by atoms with E-state index in [1.165, 1.54) is 0 Å². The number of benzene rings is 1. The Morgan fingerprint density at radius 3 is 2.50 bits per heavy atom. The van der Waals surface area contributed by atoms with Crippen LogP contribution in [0.15, 0.2) is 41.6 Å². The molecule has 9 heteroatoms. The molecular weight excluding hydrogens is 536 g/mol. The van der Waals surface area contributed by atoms with E-state index >= 15 is 0 Å². The van der Waals surface area contributed by atoms with Gasteiger partial charge in [0.2, 0.25) is 5.88 Å². The van der Waals surface area contributed by atoms with Gasteiger partial charge >= 0.3 is 0 Å².